The molecule has 1 atom stereocenters. The van der Waals surface area contributed by atoms with E-state index in [1.165, 1.54) is 12.1 Å². The van der Waals surface area contributed by atoms with Crippen LogP contribution in [0.3, 0.4) is 0 Å². The first-order chi connectivity index (χ1) is 14.4. The molecule has 1 unspecified atom stereocenters. The fourth-order valence-corrected chi connectivity index (χ4v) is 4.31. The minimum absolute atomic E-state index is 0.0213. The van der Waals surface area contributed by atoms with Crippen LogP contribution >= 0.6 is 12.2 Å². The summed E-state index contributed by atoms with van der Waals surface area (Å²) in [4.78, 5) is 2.02. The average Bonchev–Trinajstić information content (AvgIpc) is 3.24. The molecule has 3 aromatic rings. The molecule has 7 heteroatoms. The van der Waals surface area contributed by atoms with Gasteiger partial charge in [-0.25, -0.2) is 0 Å². The molecule has 3 nitrogen and oxygen atoms in total. The molecular formula is C23H21F3N2OS. The van der Waals surface area contributed by atoms with Gasteiger partial charge in [0.1, 0.15) is 17.1 Å². The highest BCUT2D eigenvalue weighted by molar-refractivity contribution is 7.78. The molecule has 1 aromatic heterocycles. The molecule has 1 aliphatic rings. The van der Waals surface area contributed by atoms with Crippen molar-refractivity contribution in [2.75, 3.05) is 19.6 Å². The Balaban J connectivity index is 1.86. The first kappa shape index (κ1) is 20.6. The Bertz CT molecular complexity index is 1050. The highest BCUT2D eigenvalue weighted by atomic mass is 32.1. The largest absolute Gasteiger partial charge is 0.458 e. The molecule has 0 bridgehead atoms. The molecule has 0 radical (unpaired) electrons. The van der Waals surface area contributed by atoms with E-state index in [9.17, 15) is 13.2 Å². The molecule has 30 heavy (non-hydrogen) atoms. The van der Waals surface area contributed by atoms with Crippen LogP contribution in [0.25, 0.3) is 11.3 Å². The van der Waals surface area contributed by atoms with E-state index in [0.29, 0.717) is 18.8 Å². The summed E-state index contributed by atoms with van der Waals surface area (Å²) in [6.45, 7) is 3.94. The number of halogens is 3. The van der Waals surface area contributed by atoms with Gasteiger partial charge in [0.25, 0.3) is 0 Å². The smallest absolute Gasteiger partial charge is 0.417 e. The summed E-state index contributed by atoms with van der Waals surface area (Å²) in [6, 6.07) is 16.9. The van der Waals surface area contributed by atoms with Gasteiger partial charge in [-0.05, 0) is 30.7 Å². The molecule has 0 aliphatic carbocycles. The van der Waals surface area contributed by atoms with E-state index >= 15 is 0 Å². The summed E-state index contributed by atoms with van der Waals surface area (Å²) >= 11 is 5.30. The zero-order valence-corrected chi connectivity index (χ0v) is 17.2. The number of nitrogens with one attached hydrogen (secondary N) is 1. The van der Waals surface area contributed by atoms with Gasteiger partial charge in [0.2, 0.25) is 0 Å². The number of alkyl halides is 3. The van der Waals surface area contributed by atoms with Gasteiger partial charge in [-0.2, -0.15) is 13.2 Å². The van der Waals surface area contributed by atoms with E-state index in [1.54, 1.807) is 23.7 Å². The van der Waals surface area contributed by atoms with Gasteiger partial charge in [0.05, 0.1) is 11.1 Å². The summed E-state index contributed by atoms with van der Waals surface area (Å²) in [6.07, 6.45) is -4.47. The highest BCUT2D eigenvalue weighted by Crippen LogP contribution is 2.42. The molecule has 1 aliphatic heterocycles. The molecule has 0 spiro atoms. The Morgan fingerprint density at radius 1 is 1.07 bits per heavy atom. The van der Waals surface area contributed by atoms with Gasteiger partial charge >= 0.3 is 6.18 Å². The number of nitrogens with zero attached hydrogens (tertiary/aromatic N) is 1. The molecule has 2 aromatic carbocycles. The van der Waals surface area contributed by atoms with Gasteiger partial charge < -0.3 is 14.6 Å². The minimum Gasteiger partial charge on any atom is -0.458 e. The zero-order chi connectivity index (χ0) is 21.4. The standard InChI is InChI=1S/C23H21F3N2OS/c1-16-6-8-17(9-7-16)22(14-27-12-13-28(22)15-30)21-11-10-20(29-21)18-4-2-3-5-19(18)23(24,25)26/h2-11,15,27H,12-14H2,1H3. The quantitative estimate of drug-likeness (QED) is 0.563. The van der Waals surface area contributed by atoms with Gasteiger partial charge in [0, 0.05) is 25.2 Å². The van der Waals surface area contributed by atoms with Crippen LogP contribution in [-0.2, 0) is 11.7 Å². The fourth-order valence-electron chi connectivity index (χ4n) is 4.02. The van der Waals surface area contributed by atoms with Gasteiger partial charge in [0.15, 0.2) is 0 Å². The summed E-state index contributed by atoms with van der Waals surface area (Å²) in [5, 5.41) is 3.39. The molecule has 2 heterocycles. The van der Waals surface area contributed by atoms with Crippen LogP contribution in [-0.4, -0.2) is 30.0 Å². The summed E-state index contributed by atoms with van der Waals surface area (Å²) < 4.78 is 46.7. The second-order valence-electron chi connectivity index (χ2n) is 7.41. The third kappa shape index (κ3) is 3.52. The van der Waals surface area contributed by atoms with Crippen LogP contribution in [0.4, 0.5) is 13.2 Å². The van der Waals surface area contributed by atoms with E-state index in [-0.39, 0.29) is 11.3 Å². The lowest BCUT2D eigenvalue weighted by atomic mass is 9.84. The lowest BCUT2D eigenvalue weighted by molar-refractivity contribution is -0.137. The van der Waals surface area contributed by atoms with E-state index < -0.39 is 17.3 Å². The number of piperazine rings is 1. The predicted molar refractivity (Wildman–Crippen MR) is 114 cm³/mol. The van der Waals surface area contributed by atoms with Crippen molar-refractivity contribution in [1.29, 1.82) is 0 Å². The normalized spacial score (nSPS) is 19.7. The van der Waals surface area contributed by atoms with Crippen molar-refractivity contribution in [2.45, 2.75) is 18.6 Å². The van der Waals surface area contributed by atoms with Crippen LogP contribution in [0.15, 0.2) is 65.1 Å². The lowest BCUT2D eigenvalue weighted by Crippen LogP contribution is -2.58. The number of furan rings is 1. The van der Waals surface area contributed by atoms with Crippen molar-refractivity contribution in [3.8, 4) is 11.3 Å². The van der Waals surface area contributed by atoms with Crippen LogP contribution in [0.1, 0.15) is 22.5 Å². The number of rotatable bonds is 4. The Hall–Kier alpha value is -2.64. The van der Waals surface area contributed by atoms with Crippen molar-refractivity contribution < 1.29 is 17.6 Å². The van der Waals surface area contributed by atoms with Crippen molar-refractivity contribution in [3.05, 3.63) is 83.1 Å². The van der Waals surface area contributed by atoms with Crippen LogP contribution in [0, 0.1) is 6.92 Å². The van der Waals surface area contributed by atoms with Gasteiger partial charge in [-0.1, -0.05) is 60.2 Å². The van der Waals surface area contributed by atoms with Crippen molar-refractivity contribution in [3.63, 3.8) is 0 Å². The third-order valence-electron chi connectivity index (χ3n) is 5.57. The summed E-state index contributed by atoms with van der Waals surface area (Å²) in [7, 11) is 0. The first-order valence-corrected chi connectivity index (χ1v) is 10.1. The van der Waals surface area contributed by atoms with Crippen LogP contribution in [0.5, 0.6) is 0 Å². The third-order valence-corrected chi connectivity index (χ3v) is 5.82. The Morgan fingerprint density at radius 2 is 1.80 bits per heavy atom. The van der Waals surface area contributed by atoms with Crippen LogP contribution in [0.2, 0.25) is 0 Å². The maximum Gasteiger partial charge on any atom is 0.417 e. The predicted octanol–water partition coefficient (Wildman–Crippen LogP) is 5.38. The maximum atomic E-state index is 13.5. The SMILES string of the molecule is Cc1ccc(C2(c3ccc(-c4ccccc4C(F)(F)F)o3)CNCCN2C=S)cc1. The topological polar surface area (TPSA) is 28.4 Å². The van der Waals surface area contributed by atoms with Crippen molar-refractivity contribution in [1.82, 2.24) is 10.2 Å². The molecule has 1 saturated heterocycles. The number of aryl methyl sites for hydroxylation is 1. The van der Waals surface area contributed by atoms with Crippen molar-refractivity contribution in [2.24, 2.45) is 0 Å². The maximum absolute atomic E-state index is 13.5. The lowest BCUT2D eigenvalue weighted by Gasteiger charge is -2.45. The second-order valence-corrected chi connectivity index (χ2v) is 7.62. The average molecular weight is 430 g/mol. The number of hydrogen-bond acceptors (Lipinski definition) is 3. The van der Waals surface area contributed by atoms with Gasteiger partial charge in [-0.15, -0.1) is 0 Å². The summed E-state index contributed by atoms with van der Waals surface area (Å²) in [5.74, 6) is 0.728. The molecular weight excluding hydrogens is 409 g/mol. The molecule has 1 N–H and O–H groups in total. The molecule has 4 rings (SSSR count). The van der Waals surface area contributed by atoms with Crippen molar-refractivity contribution >= 4 is 17.7 Å². The Kier molecular flexibility index (Phi) is 5.42. The zero-order valence-electron chi connectivity index (χ0n) is 16.4. The molecule has 156 valence electrons. The van der Waals surface area contributed by atoms with E-state index in [2.05, 4.69) is 5.32 Å². The fraction of sp³-hybridized carbons (Fsp3) is 0.261. The van der Waals surface area contributed by atoms with E-state index in [4.69, 9.17) is 16.6 Å². The first-order valence-electron chi connectivity index (χ1n) is 9.63. The van der Waals surface area contributed by atoms with Gasteiger partial charge in [-0.3, -0.25) is 0 Å². The second kappa shape index (κ2) is 7.89. The van der Waals surface area contributed by atoms with E-state index in [0.717, 1.165) is 23.7 Å². The van der Waals surface area contributed by atoms with E-state index in [1.807, 2.05) is 36.1 Å². The highest BCUT2D eigenvalue weighted by Gasteiger charge is 2.44. The monoisotopic (exact) mass is 430 g/mol. The number of hydrogen-bond donors (Lipinski definition) is 1. The Morgan fingerprint density at radius 3 is 2.50 bits per heavy atom. The molecule has 0 saturated carbocycles. The minimum atomic E-state index is -4.47. The molecule has 0 amide bonds. The Labute approximate surface area is 178 Å². The number of benzene rings is 2. The number of thiocarbonyl (C=S) groups is 1. The summed E-state index contributed by atoms with van der Waals surface area (Å²) in [5.41, 5.74) is 2.25. The van der Waals surface area contributed by atoms with Crippen LogP contribution < -0.4 is 5.32 Å². The molecule has 1 fully saturated rings.